The Morgan fingerprint density at radius 3 is 2.72 bits per heavy atom. The lowest BCUT2D eigenvalue weighted by Crippen LogP contribution is -2.11. The number of hydrogen-bond acceptors (Lipinski definition) is 6. The topological polar surface area (TPSA) is 84.3 Å². The van der Waals surface area contributed by atoms with Crippen LogP contribution >= 0.6 is 11.8 Å². The van der Waals surface area contributed by atoms with E-state index in [0.717, 1.165) is 45.3 Å². The van der Waals surface area contributed by atoms with Crippen LogP contribution in [0.2, 0.25) is 0 Å². The number of para-hydroxylation sites is 2. The van der Waals surface area contributed by atoms with Gasteiger partial charge in [-0.3, -0.25) is 5.10 Å². The van der Waals surface area contributed by atoms with Crippen LogP contribution in [0.5, 0.6) is 0 Å². The molecule has 3 aromatic heterocycles. The second kappa shape index (κ2) is 7.56. The quantitative estimate of drug-likeness (QED) is 0.417. The molecule has 0 aliphatic carbocycles. The van der Waals surface area contributed by atoms with Gasteiger partial charge < -0.3 is 9.88 Å². The highest BCUT2D eigenvalue weighted by atomic mass is 32.2. The van der Waals surface area contributed by atoms with Crippen molar-refractivity contribution in [1.82, 2.24) is 29.7 Å². The van der Waals surface area contributed by atoms with Gasteiger partial charge in [0.2, 0.25) is 0 Å². The van der Waals surface area contributed by atoms with Gasteiger partial charge in [0.15, 0.2) is 5.65 Å². The van der Waals surface area contributed by atoms with E-state index in [1.807, 2.05) is 30.5 Å². The van der Waals surface area contributed by atoms with Crippen molar-refractivity contribution in [2.24, 2.45) is 0 Å². The summed E-state index contributed by atoms with van der Waals surface area (Å²) in [7, 11) is 0. The first-order valence-corrected chi connectivity index (χ1v) is 10.5. The molecule has 0 saturated heterocycles. The Labute approximate surface area is 171 Å². The van der Waals surface area contributed by atoms with E-state index in [1.165, 1.54) is 5.56 Å². The van der Waals surface area contributed by atoms with Gasteiger partial charge in [0.1, 0.15) is 23.0 Å². The minimum Gasteiger partial charge on any atom is -0.362 e. The zero-order valence-electron chi connectivity index (χ0n) is 15.8. The van der Waals surface area contributed by atoms with E-state index in [2.05, 4.69) is 60.4 Å². The maximum Gasteiger partial charge on any atom is 0.161 e. The summed E-state index contributed by atoms with van der Waals surface area (Å²) in [6.07, 6.45) is 3.53. The molecule has 0 unspecified atom stereocenters. The van der Waals surface area contributed by atoms with Crippen LogP contribution < -0.4 is 5.32 Å². The predicted molar refractivity (Wildman–Crippen MR) is 116 cm³/mol. The summed E-state index contributed by atoms with van der Waals surface area (Å²) < 4.78 is 2.25. The number of nitrogens with one attached hydrogen (secondary N) is 2. The summed E-state index contributed by atoms with van der Waals surface area (Å²) in [6, 6.07) is 18.7. The number of H-pyrrole nitrogens is 1. The SMILES string of the molecule is CSc1n[nH]c2ncnc(NCc3nc4ccccc4n3Cc3ccccc3)c12. The van der Waals surface area contributed by atoms with Crippen molar-refractivity contribution in [3.63, 3.8) is 0 Å². The second-order valence-corrected chi connectivity index (χ2v) is 7.42. The summed E-state index contributed by atoms with van der Waals surface area (Å²) in [4.78, 5) is 13.6. The van der Waals surface area contributed by atoms with Gasteiger partial charge in [-0.05, 0) is 24.0 Å². The van der Waals surface area contributed by atoms with E-state index >= 15 is 0 Å². The third-order valence-electron chi connectivity index (χ3n) is 4.85. The highest BCUT2D eigenvalue weighted by Gasteiger charge is 2.15. The van der Waals surface area contributed by atoms with E-state index < -0.39 is 0 Å². The van der Waals surface area contributed by atoms with Crippen LogP contribution in [0.4, 0.5) is 5.82 Å². The number of aromatic amines is 1. The van der Waals surface area contributed by atoms with Gasteiger partial charge >= 0.3 is 0 Å². The maximum atomic E-state index is 4.86. The van der Waals surface area contributed by atoms with Gasteiger partial charge in [0.05, 0.1) is 23.0 Å². The first kappa shape index (κ1) is 17.7. The number of rotatable bonds is 6. The molecule has 0 spiro atoms. The zero-order valence-corrected chi connectivity index (χ0v) is 16.6. The molecule has 0 amide bonds. The number of hydrogen-bond donors (Lipinski definition) is 2. The molecule has 8 heteroatoms. The molecule has 5 aromatic rings. The second-order valence-electron chi connectivity index (χ2n) is 6.62. The van der Waals surface area contributed by atoms with Gasteiger partial charge in [-0.2, -0.15) is 5.10 Å². The molecule has 0 saturated carbocycles. The molecule has 0 bridgehead atoms. The standard InChI is InChI=1S/C21H19N7S/c1-29-21-18-19(23-13-24-20(18)26-27-21)22-11-17-25-15-9-5-6-10-16(15)28(17)12-14-7-3-2-4-8-14/h2-10,13H,11-12H2,1H3,(H2,22,23,24,26,27). The number of aromatic nitrogens is 6. The summed E-state index contributed by atoms with van der Waals surface area (Å²) in [5, 5.41) is 12.5. The fourth-order valence-corrected chi connectivity index (χ4v) is 4.01. The summed E-state index contributed by atoms with van der Waals surface area (Å²) in [6.45, 7) is 1.31. The van der Waals surface area contributed by atoms with Crippen molar-refractivity contribution in [2.75, 3.05) is 11.6 Å². The molecule has 3 heterocycles. The normalized spacial score (nSPS) is 11.3. The van der Waals surface area contributed by atoms with Crippen LogP contribution in [0.25, 0.3) is 22.1 Å². The third kappa shape index (κ3) is 3.31. The lowest BCUT2D eigenvalue weighted by atomic mass is 10.2. The van der Waals surface area contributed by atoms with Gasteiger partial charge in [-0.25, -0.2) is 15.0 Å². The van der Waals surface area contributed by atoms with E-state index in [4.69, 9.17) is 4.98 Å². The molecule has 0 radical (unpaired) electrons. The average molecular weight is 401 g/mol. The number of imidazole rings is 1. The molecule has 7 nitrogen and oxygen atoms in total. The van der Waals surface area contributed by atoms with Crippen LogP contribution in [-0.4, -0.2) is 36.0 Å². The molecular formula is C21H19N7S. The Hall–Kier alpha value is -3.39. The summed E-state index contributed by atoms with van der Waals surface area (Å²) >= 11 is 1.57. The first-order chi connectivity index (χ1) is 14.3. The Morgan fingerprint density at radius 1 is 1.03 bits per heavy atom. The lowest BCUT2D eigenvalue weighted by molar-refractivity contribution is 0.756. The molecule has 144 valence electrons. The van der Waals surface area contributed by atoms with Crippen LogP contribution in [0.15, 0.2) is 66.0 Å². The van der Waals surface area contributed by atoms with E-state index in [9.17, 15) is 0 Å². The molecule has 0 aliphatic rings. The van der Waals surface area contributed by atoms with Gasteiger partial charge in [-0.15, -0.1) is 11.8 Å². The van der Waals surface area contributed by atoms with Crippen molar-refractivity contribution < 1.29 is 0 Å². The van der Waals surface area contributed by atoms with E-state index in [-0.39, 0.29) is 0 Å². The van der Waals surface area contributed by atoms with Crippen LogP contribution in [0, 0.1) is 0 Å². The Balaban J connectivity index is 1.51. The molecule has 5 rings (SSSR count). The summed E-state index contributed by atoms with van der Waals surface area (Å²) in [5.41, 5.74) is 4.07. The van der Waals surface area contributed by atoms with E-state index in [0.29, 0.717) is 6.54 Å². The fourth-order valence-electron chi connectivity index (χ4n) is 3.48. The first-order valence-electron chi connectivity index (χ1n) is 9.28. The smallest absolute Gasteiger partial charge is 0.161 e. The molecule has 0 atom stereocenters. The number of fused-ring (bicyclic) bond motifs is 2. The van der Waals surface area contributed by atoms with Gasteiger partial charge in [0.25, 0.3) is 0 Å². The Bertz CT molecular complexity index is 1280. The minimum atomic E-state index is 0.548. The van der Waals surface area contributed by atoms with Gasteiger partial charge in [-0.1, -0.05) is 42.5 Å². The molecule has 29 heavy (non-hydrogen) atoms. The maximum absolute atomic E-state index is 4.86. The van der Waals surface area contributed by atoms with Crippen molar-refractivity contribution >= 4 is 39.6 Å². The zero-order chi connectivity index (χ0) is 19.6. The highest BCUT2D eigenvalue weighted by Crippen LogP contribution is 2.28. The van der Waals surface area contributed by atoms with Crippen molar-refractivity contribution in [2.45, 2.75) is 18.1 Å². The predicted octanol–water partition coefficient (Wildman–Crippen LogP) is 4.08. The molecule has 2 N–H and O–H groups in total. The molecule has 2 aromatic carbocycles. The molecule has 0 aliphatic heterocycles. The Morgan fingerprint density at radius 2 is 1.86 bits per heavy atom. The summed E-state index contributed by atoms with van der Waals surface area (Å²) in [5.74, 6) is 1.71. The number of anilines is 1. The van der Waals surface area contributed by atoms with Crippen molar-refractivity contribution in [1.29, 1.82) is 0 Å². The van der Waals surface area contributed by atoms with Gasteiger partial charge in [0, 0.05) is 6.54 Å². The number of thioether (sulfide) groups is 1. The average Bonchev–Trinajstić information content (AvgIpc) is 3.35. The fraction of sp³-hybridized carbons (Fsp3) is 0.143. The Kier molecular flexibility index (Phi) is 4.61. The largest absolute Gasteiger partial charge is 0.362 e. The van der Waals surface area contributed by atoms with Crippen LogP contribution in [-0.2, 0) is 13.1 Å². The van der Waals surface area contributed by atoms with Crippen molar-refractivity contribution in [3.05, 3.63) is 72.3 Å². The minimum absolute atomic E-state index is 0.548. The monoisotopic (exact) mass is 401 g/mol. The molecular weight excluding hydrogens is 382 g/mol. The van der Waals surface area contributed by atoms with E-state index in [1.54, 1.807) is 18.1 Å². The molecule has 0 fully saturated rings. The lowest BCUT2D eigenvalue weighted by Gasteiger charge is -2.11. The number of benzene rings is 2. The van der Waals surface area contributed by atoms with Crippen LogP contribution in [0.3, 0.4) is 0 Å². The van der Waals surface area contributed by atoms with Crippen molar-refractivity contribution in [3.8, 4) is 0 Å². The number of nitrogens with zero attached hydrogens (tertiary/aromatic N) is 5. The highest BCUT2D eigenvalue weighted by molar-refractivity contribution is 7.98. The van der Waals surface area contributed by atoms with Crippen LogP contribution in [0.1, 0.15) is 11.4 Å². The third-order valence-corrected chi connectivity index (χ3v) is 5.53.